The number of piperazine rings is 1. The number of carbonyl (C=O) groups excluding carboxylic acids is 2. The van der Waals surface area contributed by atoms with Crippen LogP contribution in [0, 0.1) is 0 Å². The maximum atomic E-state index is 13.1. The lowest BCUT2D eigenvalue weighted by molar-refractivity contribution is -0.139. The quantitative estimate of drug-likeness (QED) is 0.754. The first-order valence-corrected chi connectivity index (χ1v) is 10.5. The Morgan fingerprint density at radius 2 is 1.94 bits per heavy atom. The van der Waals surface area contributed by atoms with Gasteiger partial charge in [-0.1, -0.05) is 6.07 Å². The van der Waals surface area contributed by atoms with Crippen LogP contribution < -0.4 is 14.8 Å². The molecule has 2 aliphatic heterocycles. The first-order chi connectivity index (χ1) is 15.1. The summed E-state index contributed by atoms with van der Waals surface area (Å²) in [6.07, 6.45) is 2.64. The van der Waals surface area contributed by atoms with Crippen LogP contribution in [-0.4, -0.2) is 66.5 Å². The molecular formula is C23H28N4O4. The van der Waals surface area contributed by atoms with E-state index in [2.05, 4.69) is 10.3 Å². The van der Waals surface area contributed by atoms with Gasteiger partial charge in [-0.15, -0.1) is 0 Å². The summed E-state index contributed by atoms with van der Waals surface area (Å²) >= 11 is 0. The normalized spacial score (nSPS) is 18.8. The Morgan fingerprint density at radius 1 is 1.16 bits per heavy atom. The van der Waals surface area contributed by atoms with Gasteiger partial charge >= 0.3 is 0 Å². The van der Waals surface area contributed by atoms with Crippen LogP contribution in [0.3, 0.4) is 0 Å². The van der Waals surface area contributed by atoms with Crippen LogP contribution in [0.2, 0.25) is 0 Å². The second-order valence-corrected chi connectivity index (χ2v) is 7.84. The van der Waals surface area contributed by atoms with Crippen molar-refractivity contribution in [3.8, 4) is 11.5 Å². The zero-order chi connectivity index (χ0) is 21.8. The van der Waals surface area contributed by atoms with E-state index >= 15 is 0 Å². The molecule has 2 amide bonds. The number of aromatic nitrogens is 1. The van der Waals surface area contributed by atoms with E-state index in [0.29, 0.717) is 44.2 Å². The predicted molar refractivity (Wildman–Crippen MR) is 115 cm³/mol. The molecule has 2 aromatic rings. The first-order valence-electron chi connectivity index (χ1n) is 10.5. The van der Waals surface area contributed by atoms with Crippen molar-refractivity contribution in [1.82, 2.24) is 20.1 Å². The molecule has 8 heteroatoms. The van der Waals surface area contributed by atoms with Gasteiger partial charge in [-0.25, -0.2) is 0 Å². The van der Waals surface area contributed by atoms with Gasteiger partial charge in [0.2, 0.25) is 11.8 Å². The van der Waals surface area contributed by atoms with Gasteiger partial charge in [0.25, 0.3) is 0 Å². The van der Waals surface area contributed by atoms with Crippen molar-refractivity contribution in [1.29, 1.82) is 0 Å². The van der Waals surface area contributed by atoms with E-state index in [1.54, 1.807) is 20.4 Å². The SMILES string of the molecule is COc1cc2c(cc1OC)CN(C(=O)CC1C(=O)NCCN1Cc1ccccn1)CC2. The fourth-order valence-electron chi connectivity index (χ4n) is 4.26. The van der Waals surface area contributed by atoms with Crippen LogP contribution in [0.1, 0.15) is 23.2 Å². The molecule has 3 heterocycles. The Balaban J connectivity index is 1.46. The molecule has 0 spiro atoms. The Kier molecular flexibility index (Phi) is 6.36. The summed E-state index contributed by atoms with van der Waals surface area (Å²) in [5, 5.41) is 2.90. The third-order valence-corrected chi connectivity index (χ3v) is 5.97. The van der Waals surface area contributed by atoms with Gasteiger partial charge in [-0.05, 0) is 41.8 Å². The van der Waals surface area contributed by atoms with Crippen molar-refractivity contribution >= 4 is 11.8 Å². The molecule has 1 N–H and O–H groups in total. The number of nitrogens with zero attached hydrogens (tertiary/aromatic N) is 3. The predicted octanol–water partition coefficient (Wildman–Crippen LogP) is 1.37. The average molecular weight is 425 g/mol. The van der Waals surface area contributed by atoms with E-state index in [1.165, 1.54) is 0 Å². The molecule has 1 saturated heterocycles. The molecule has 0 saturated carbocycles. The standard InChI is InChI=1S/C23H28N4O4/c1-30-20-11-16-6-9-27(14-17(16)12-21(20)31-2)22(28)13-19-23(29)25-8-10-26(19)15-18-5-3-4-7-24-18/h3-5,7,11-12,19H,6,8-10,13-15H2,1-2H3,(H,25,29). The van der Waals surface area contributed by atoms with Gasteiger partial charge in [0.1, 0.15) is 0 Å². The summed E-state index contributed by atoms with van der Waals surface area (Å²) in [6.45, 7) is 2.94. The molecule has 8 nitrogen and oxygen atoms in total. The van der Waals surface area contributed by atoms with E-state index in [9.17, 15) is 9.59 Å². The van der Waals surface area contributed by atoms with Crippen LogP contribution in [0.15, 0.2) is 36.5 Å². The van der Waals surface area contributed by atoms with Gasteiger partial charge in [0.05, 0.1) is 32.4 Å². The zero-order valence-corrected chi connectivity index (χ0v) is 18.0. The molecule has 0 bridgehead atoms. The maximum absolute atomic E-state index is 13.1. The Labute approximate surface area is 182 Å². The van der Waals surface area contributed by atoms with Crippen molar-refractivity contribution < 1.29 is 19.1 Å². The molecule has 1 aromatic heterocycles. The monoisotopic (exact) mass is 424 g/mol. The number of ether oxygens (including phenoxy) is 2. The maximum Gasteiger partial charge on any atom is 0.237 e. The third-order valence-electron chi connectivity index (χ3n) is 5.97. The molecule has 0 aliphatic carbocycles. The number of rotatable bonds is 6. The first kappa shape index (κ1) is 21.1. The van der Waals surface area contributed by atoms with Crippen molar-refractivity contribution in [3.63, 3.8) is 0 Å². The lowest BCUT2D eigenvalue weighted by Gasteiger charge is -2.36. The number of hydrogen-bond donors (Lipinski definition) is 1. The molecular weight excluding hydrogens is 396 g/mol. The third kappa shape index (κ3) is 4.64. The molecule has 1 fully saturated rings. The number of amides is 2. The number of pyridine rings is 1. The number of benzene rings is 1. The van der Waals surface area contributed by atoms with Crippen LogP contribution in [0.4, 0.5) is 0 Å². The van der Waals surface area contributed by atoms with Gasteiger partial charge in [-0.2, -0.15) is 0 Å². The van der Waals surface area contributed by atoms with Gasteiger partial charge in [0.15, 0.2) is 11.5 Å². The number of fused-ring (bicyclic) bond motifs is 1. The highest BCUT2D eigenvalue weighted by Gasteiger charge is 2.34. The summed E-state index contributed by atoms with van der Waals surface area (Å²) < 4.78 is 10.8. The summed E-state index contributed by atoms with van der Waals surface area (Å²) in [5.41, 5.74) is 3.10. The number of hydrogen-bond acceptors (Lipinski definition) is 6. The van der Waals surface area contributed by atoms with Crippen molar-refractivity contribution in [2.75, 3.05) is 33.9 Å². The fraction of sp³-hybridized carbons (Fsp3) is 0.435. The summed E-state index contributed by atoms with van der Waals surface area (Å²) in [7, 11) is 3.22. The largest absolute Gasteiger partial charge is 0.493 e. The van der Waals surface area contributed by atoms with Crippen LogP contribution >= 0.6 is 0 Å². The Bertz CT molecular complexity index is 950. The lowest BCUT2D eigenvalue weighted by atomic mass is 9.98. The molecule has 31 heavy (non-hydrogen) atoms. The van der Waals surface area contributed by atoms with E-state index in [1.807, 2.05) is 40.1 Å². The van der Waals surface area contributed by atoms with Crippen molar-refractivity contribution in [3.05, 3.63) is 53.3 Å². The van der Waals surface area contributed by atoms with Crippen LogP contribution in [0.5, 0.6) is 11.5 Å². The van der Waals surface area contributed by atoms with E-state index in [0.717, 1.165) is 23.2 Å². The fourth-order valence-corrected chi connectivity index (χ4v) is 4.26. The minimum absolute atomic E-state index is 0.0199. The molecule has 1 atom stereocenters. The average Bonchev–Trinajstić information content (AvgIpc) is 2.80. The zero-order valence-electron chi connectivity index (χ0n) is 18.0. The van der Waals surface area contributed by atoms with E-state index in [4.69, 9.17) is 9.47 Å². The molecule has 1 unspecified atom stereocenters. The topological polar surface area (TPSA) is 84.0 Å². The Morgan fingerprint density at radius 3 is 2.65 bits per heavy atom. The van der Waals surface area contributed by atoms with Crippen molar-refractivity contribution in [2.24, 2.45) is 0 Å². The van der Waals surface area contributed by atoms with Crippen LogP contribution in [-0.2, 0) is 29.1 Å². The molecule has 2 aliphatic rings. The van der Waals surface area contributed by atoms with Gasteiger partial charge < -0.3 is 19.7 Å². The highest BCUT2D eigenvalue weighted by atomic mass is 16.5. The second kappa shape index (κ2) is 9.34. The molecule has 4 rings (SSSR count). The molecule has 1 aromatic carbocycles. The number of carbonyl (C=O) groups is 2. The Hall–Kier alpha value is -3.13. The number of methoxy groups -OCH3 is 2. The van der Waals surface area contributed by atoms with Crippen molar-refractivity contribution in [2.45, 2.75) is 32.0 Å². The van der Waals surface area contributed by atoms with E-state index in [-0.39, 0.29) is 18.2 Å². The highest BCUT2D eigenvalue weighted by molar-refractivity contribution is 5.89. The summed E-state index contributed by atoms with van der Waals surface area (Å²) in [6, 6.07) is 9.17. The second-order valence-electron chi connectivity index (χ2n) is 7.84. The van der Waals surface area contributed by atoms with Crippen LogP contribution in [0.25, 0.3) is 0 Å². The molecule has 164 valence electrons. The van der Waals surface area contributed by atoms with Gasteiger partial charge in [-0.3, -0.25) is 19.5 Å². The smallest absolute Gasteiger partial charge is 0.237 e. The molecule has 0 radical (unpaired) electrons. The minimum atomic E-state index is -0.491. The summed E-state index contributed by atoms with van der Waals surface area (Å²) in [4.78, 5) is 34.0. The number of nitrogens with one attached hydrogen (secondary N) is 1. The minimum Gasteiger partial charge on any atom is -0.493 e. The lowest BCUT2D eigenvalue weighted by Crippen LogP contribution is -2.56. The van der Waals surface area contributed by atoms with E-state index < -0.39 is 6.04 Å². The summed E-state index contributed by atoms with van der Waals surface area (Å²) in [5.74, 6) is 1.24. The highest BCUT2D eigenvalue weighted by Crippen LogP contribution is 2.33. The van der Waals surface area contributed by atoms with Gasteiger partial charge in [0, 0.05) is 38.9 Å².